The molecule has 0 spiro atoms. The fraction of sp³-hybridized carbons (Fsp3) is 0.286. The summed E-state index contributed by atoms with van der Waals surface area (Å²) in [5, 5.41) is 0. The van der Waals surface area contributed by atoms with Crippen LogP contribution in [-0.4, -0.2) is 37.6 Å². The number of rotatable bonds is 7. The Balaban J connectivity index is 1.83. The monoisotopic (exact) mass is 352 g/mol. The van der Waals surface area contributed by atoms with Gasteiger partial charge in [0.25, 0.3) is 5.91 Å². The molecule has 0 aromatic heterocycles. The first-order chi connectivity index (χ1) is 12.7. The Kier molecular flexibility index (Phi) is 5.92. The van der Waals surface area contributed by atoms with E-state index in [2.05, 4.69) is 0 Å². The molecule has 0 aliphatic carbocycles. The zero-order chi connectivity index (χ0) is 18.4. The number of methoxy groups -OCH3 is 1. The molecule has 0 atom stereocenters. The molecule has 2 N–H and O–H groups in total. The van der Waals surface area contributed by atoms with E-state index in [4.69, 9.17) is 15.2 Å². The molecular formula is C21H24N2O3. The molecule has 2 aromatic rings. The van der Waals surface area contributed by atoms with Gasteiger partial charge in [-0.2, -0.15) is 0 Å². The highest BCUT2D eigenvalue weighted by atomic mass is 16.5. The van der Waals surface area contributed by atoms with Crippen molar-refractivity contribution < 1.29 is 14.3 Å². The third-order valence-corrected chi connectivity index (χ3v) is 4.34. The van der Waals surface area contributed by atoms with E-state index in [-0.39, 0.29) is 12.5 Å². The van der Waals surface area contributed by atoms with Crippen LogP contribution >= 0.6 is 0 Å². The van der Waals surface area contributed by atoms with Crippen molar-refractivity contribution in [1.82, 2.24) is 4.90 Å². The predicted octanol–water partition coefficient (Wildman–Crippen LogP) is 2.85. The lowest BCUT2D eigenvalue weighted by Gasteiger charge is -2.26. The fourth-order valence-corrected chi connectivity index (χ4v) is 3.01. The van der Waals surface area contributed by atoms with E-state index in [9.17, 15) is 4.79 Å². The van der Waals surface area contributed by atoms with Crippen molar-refractivity contribution >= 4 is 12.0 Å². The van der Waals surface area contributed by atoms with Crippen molar-refractivity contribution in [3.8, 4) is 11.5 Å². The standard InChI is InChI=1S/C21H24N2O3/c1-25-19-10-5-9-17-13-18(15-26-20(17)19)21(24)23(12-6-11-22)14-16-7-3-2-4-8-16/h2-5,7-10,13H,6,11-12,14-15,22H2,1H3. The lowest BCUT2D eigenvalue weighted by Crippen LogP contribution is -2.35. The first-order valence-electron chi connectivity index (χ1n) is 8.76. The largest absolute Gasteiger partial charge is 0.493 e. The molecule has 1 aliphatic rings. The van der Waals surface area contributed by atoms with E-state index in [1.165, 1.54) is 0 Å². The molecule has 2 aromatic carbocycles. The number of fused-ring (bicyclic) bond motifs is 1. The lowest BCUT2D eigenvalue weighted by molar-refractivity contribution is -0.128. The van der Waals surface area contributed by atoms with Gasteiger partial charge < -0.3 is 20.1 Å². The zero-order valence-corrected chi connectivity index (χ0v) is 15.0. The minimum Gasteiger partial charge on any atom is -0.493 e. The van der Waals surface area contributed by atoms with E-state index >= 15 is 0 Å². The predicted molar refractivity (Wildman–Crippen MR) is 102 cm³/mol. The van der Waals surface area contributed by atoms with Gasteiger partial charge in [0.2, 0.25) is 0 Å². The zero-order valence-electron chi connectivity index (χ0n) is 15.0. The molecule has 0 saturated carbocycles. The summed E-state index contributed by atoms with van der Waals surface area (Å²) in [6.07, 6.45) is 2.65. The van der Waals surface area contributed by atoms with Crippen LogP contribution in [0.15, 0.2) is 54.1 Å². The normalized spacial score (nSPS) is 12.6. The first kappa shape index (κ1) is 18.0. The maximum Gasteiger partial charge on any atom is 0.253 e. The maximum absolute atomic E-state index is 13.1. The summed E-state index contributed by atoms with van der Waals surface area (Å²) in [6.45, 7) is 1.96. The molecule has 0 unspecified atom stereocenters. The van der Waals surface area contributed by atoms with Crippen LogP contribution in [0.5, 0.6) is 11.5 Å². The molecule has 3 rings (SSSR count). The number of nitrogens with zero attached hydrogens (tertiary/aromatic N) is 1. The van der Waals surface area contributed by atoms with E-state index in [1.54, 1.807) is 7.11 Å². The topological polar surface area (TPSA) is 64.8 Å². The molecule has 5 heteroatoms. The van der Waals surface area contributed by atoms with Crippen LogP contribution in [0.1, 0.15) is 17.5 Å². The van der Waals surface area contributed by atoms with Crippen LogP contribution in [0.25, 0.3) is 6.08 Å². The SMILES string of the molecule is COc1cccc2c1OCC(C(=O)N(CCCN)Cc1ccccc1)=C2. The van der Waals surface area contributed by atoms with E-state index in [0.29, 0.717) is 36.7 Å². The van der Waals surface area contributed by atoms with Crippen molar-refractivity contribution in [2.45, 2.75) is 13.0 Å². The highest BCUT2D eigenvalue weighted by Crippen LogP contribution is 2.35. The van der Waals surface area contributed by atoms with Gasteiger partial charge in [-0.1, -0.05) is 42.5 Å². The molecule has 0 bridgehead atoms. The molecule has 1 aliphatic heterocycles. The summed E-state index contributed by atoms with van der Waals surface area (Å²) in [6, 6.07) is 15.6. The summed E-state index contributed by atoms with van der Waals surface area (Å²) in [5.41, 5.74) is 8.24. The van der Waals surface area contributed by atoms with E-state index in [0.717, 1.165) is 17.5 Å². The number of nitrogens with two attached hydrogens (primary N) is 1. The van der Waals surface area contributed by atoms with Gasteiger partial charge in [0.15, 0.2) is 11.5 Å². The van der Waals surface area contributed by atoms with Crippen LogP contribution in [0.2, 0.25) is 0 Å². The Labute approximate surface area is 154 Å². The van der Waals surface area contributed by atoms with Crippen LogP contribution < -0.4 is 15.2 Å². The van der Waals surface area contributed by atoms with Gasteiger partial charge in [-0.3, -0.25) is 4.79 Å². The number of benzene rings is 2. The second-order valence-electron chi connectivity index (χ2n) is 6.19. The fourth-order valence-electron chi connectivity index (χ4n) is 3.01. The molecular weight excluding hydrogens is 328 g/mol. The van der Waals surface area contributed by atoms with Gasteiger partial charge >= 0.3 is 0 Å². The summed E-state index contributed by atoms with van der Waals surface area (Å²) >= 11 is 0. The summed E-state index contributed by atoms with van der Waals surface area (Å²) < 4.78 is 11.1. The second kappa shape index (κ2) is 8.54. The van der Waals surface area contributed by atoms with Gasteiger partial charge in [0.1, 0.15) is 6.61 Å². The Morgan fingerprint density at radius 1 is 1.19 bits per heavy atom. The number of hydrogen-bond donors (Lipinski definition) is 1. The Morgan fingerprint density at radius 2 is 2.00 bits per heavy atom. The maximum atomic E-state index is 13.1. The summed E-state index contributed by atoms with van der Waals surface area (Å²) in [4.78, 5) is 14.9. The van der Waals surface area contributed by atoms with Crippen molar-refractivity contribution in [3.05, 3.63) is 65.2 Å². The second-order valence-corrected chi connectivity index (χ2v) is 6.19. The van der Waals surface area contributed by atoms with Crippen LogP contribution in [0.4, 0.5) is 0 Å². The average Bonchev–Trinajstić information content (AvgIpc) is 2.70. The molecule has 0 radical (unpaired) electrons. The quantitative estimate of drug-likeness (QED) is 0.832. The van der Waals surface area contributed by atoms with Gasteiger partial charge in [0, 0.05) is 18.7 Å². The molecule has 1 amide bonds. The van der Waals surface area contributed by atoms with Gasteiger partial charge in [-0.25, -0.2) is 0 Å². The Bertz CT molecular complexity index is 787. The minimum absolute atomic E-state index is 0.0178. The van der Waals surface area contributed by atoms with Crippen LogP contribution in [-0.2, 0) is 11.3 Å². The highest BCUT2D eigenvalue weighted by Gasteiger charge is 2.24. The highest BCUT2D eigenvalue weighted by molar-refractivity contribution is 5.99. The Hall–Kier alpha value is -2.79. The number of amides is 1. The van der Waals surface area contributed by atoms with Gasteiger partial charge in [-0.15, -0.1) is 0 Å². The number of hydrogen-bond acceptors (Lipinski definition) is 4. The number of ether oxygens (including phenoxy) is 2. The number of para-hydroxylation sites is 1. The summed E-state index contributed by atoms with van der Waals surface area (Å²) in [5.74, 6) is 1.34. The smallest absolute Gasteiger partial charge is 0.253 e. The number of carbonyl (C=O) groups excluding carboxylic acids is 1. The van der Waals surface area contributed by atoms with Crippen molar-refractivity contribution in [2.75, 3.05) is 26.8 Å². The molecule has 0 fully saturated rings. The molecule has 0 saturated heterocycles. The van der Waals surface area contributed by atoms with Crippen molar-refractivity contribution in [1.29, 1.82) is 0 Å². The minimum atomic E-state index is -0.0178. The van der Waals surface area contributed by atoms with Gasteiger partial charge in [-0.05, 0) is 30.7 Å². The third-order valence-electron chi connectivity index (χ3n) is 4.34. The Morgan fingerprint density at radius 3 is 2.73 bits per heavy atom. The van der Waals surface area contributed by atoms with Crippen LogP contribution in [0, 0.1) is 0 Å². The molecule has 26 heavy (non-hydrogen) atoms. The van der Waals surface area contributed by atoms with Crippen LogP contribution in [0.3, 0.4) is 0 Å². The lowest BCUT2D eigenvalue weighted by atomic mass is 10.1. The molecule has 136 valence electrons. The van der Waals surface area contributed by atoms with Crippen molar-refractivity contribution in [2.24, 2.45) is 5.73 Å². The average molecular weight is 352 g/mol. The van der Waals surface area contributed by atoms with E-state index in [1.807, 2.05) is 59.5 Å². The molecule has 5 nitrogen and oxygen atoms in total. The van der Waals surface area contributed by atoms with Gasteiger partial charge in [0.05, 0.1) is 12.7 Å². The third kappa shape index (κ3) is 4.06. The first-order valence-corrected chi connectivity index (χ1v) is 8.76. The van der Waals surface area contributed by atoms with E-state index < -0.39 is 0 Å². The summed E-state index contributed by atoms with van der Waals surface area (Å²) in [7, 11) is 1.61. The number of carbonyl (C=O) groups is 1. The van der Waals surface area contributed by atoms with Crippen molar-refractivity contribution in [3.63, 3.8) is 0 Å². The molecule has 1 heterocycles.